The molecule has 0 aliphatic rings. The lowest BCUT2D eigenvalue weighted by molar-refractivity contribution is 0.577. The van der Waals surface area contributed by atoms with E-state index in [-0.39, 0.29) is 11.6 Å². The van der Waals surface area contributed by atoms with Gasteiger partial charge in [0.1, 0.15) is 11.6 Å². The van der Waals surface area contributed by atoms with Crippen LogP contribution >= 0.6 is 0 Å². The molecule has 2 aromatic rings. The van der Waals surface area contributed by atoms with E-state index in [9.17, 15) is 8.78 Å². The molecule has 0 radical (unpaired) electrons. The zero-order valence-corrected chi connectivity index (χ0v) is 13.9. The van der Waals surface area contributed by atoms with Crippen molar-refractivity contribution >= 4 is 6.08 Å². The van der Waals surface area contributed by atoms with Gasteiger partial charge in [0.25, 0.3) is 0 Å². The highest BCUT2D eigenvalue weighted by Crippen LogP contribution is 2.25. The maximum Gasteiger partial charge on any atom is 0.131 e. The monoisotopic (exact) mass is 314 g/mol. The van der Waals surface area contributed by atoms with Gasteiger partial charge in [0.15, 0.2) is 0 Å². The molecule has 0 saturated carbocycles. The van der Waals surface area contributed by atoms with Gasteiger partial charge in [-0.2, -0.15) is 0 Å². The second kappa shape index (κ2) is 8.61. The van der Waals surface area contributed by atoms with Gasteiger partial charge in [0, 0.05) is 5.56 Å². The summed E-state index contributed by atoms with van der Waals surface area (Å²) < 4.78 is 28.0. The van der Waals surface area contributed by atoms with Gasteiger partial charge in [0.05, 0.1) is 0 Å². The minimum Gasteiger partial charge on any atom is -0.212 e. The first-order valence-corrected chi connectivity index (χ1v) is 8.39. The largest absolute Gasteiger partial charge is 0.212 e. The summed E-state index contributed by atoms with van der Waals surface area (Å²) in [6, 6.07) is 12.9. The Kier molecular flexibility index (Phi) is 6.52. The number of rotatable bonds is 7. The molecular formula is C21H24F2. The number of unbranched alkanes of at least 4 members (excludes halogenated alkanes) is 1. The molecular weight excluding hydrogens is 290 g/mol. The van der Waals surface area contributed by atoms with Crippen LogP contribution in [0.5, 0.6) is 0 Å². The summed E-state index contributed by atoms with van der Waals surface area (Å²) in [7, 11) is 0. The summed E-state index contributed by atoms with van der Waals surface area (Å²) in [4.78, 5) is 0. The van der Waals surface area contributed by atoms with Crippen LogP contribution in [-0.4, -0.2) is 0 Å². The van der Waals surface area contributed by atoms with Crippen molar-refractivity contribution in [2.45, 2.75) is 46.0 Å². The number of allylic oxidation sites excluding steroid dienone is 1. The van der Waals surface area contributed by atoms with Crippen LogP contribution < -0.4 is 0 Å². The van der Waals surface area contributed by atoms with E-state index in [1.807, 2.05) is 31.2 Å². The molecule has 0 bridgehead atoms. The van der Waals surface area contributed by atoms with Crippen molar-refractivity contribution in [3.63, 3.8) is 0 Å². The van der Waals surface area contributed by atoms with E-state index < -0.39 is 0 Å². The van der Waals surface area contributed by atoms with Crippen molar-refractivity contribution in [2.24, 2.45) is 0 Å². The average molecular weight is 314 g/mol. The highest BCUT2D eigenvalue weighted by atomic mass is 19.1. The molecule has 0 unspecified atom stereocenters. The Balaban J connectivity index is 2.18. The smallest absolute Gasteiger partial charge is 0.131 e. The lowest BCUT2D eigenvalue weighted by Gasteiger charge is -2.06. The first-order chi connectivity index (χ1) is 11.1. The fraction of sp³-hybridized carbons (Fsp3) is 0.333. The maximum atomic E-state index is 14.3. The van der Waals surface area contributed by atoms with Crippen LogP contribution in [-0.2, 0) is 6.42 Å². The summed E-state index contributed by atoms with van der Waals surface area (Å²) in [5, 5.41) is 0. The Hall–Kier alpha value is -1.96. The summed E-state index contributed by atoms with van der Waals surface area (Å²) in [6.07, 6.45) is 5.73. The van der Waals surface area contributed by atoms with Gasteiger partial charge in [-0.3, -0.25) is 0 Å². The van der Waals surface area contributed by atoms with E-state index in [1.54, 1.807) is 12.1 Å². The number of halogens is 2. The van der Waals surface area contributed by atoms with Crippen molar-refractivity contribution in [1.29, 1.82) is 0 Å². The summed E-state index contributed by atoms with van der Waals surface area (Å²) in [6.45, 7) is 4.16. The standard InChI is InChI=1S/C21H24F2/c1-3-5-7-19(22)14-17-10-13-20(21(23)15-17)18-11-8-16(6-4-2)9-12-18/h8-15H,3-7H2,1-2H3. The van der Waals surface area contributed by atoms with Gasteiger partial charge in [-0.15, -0.1) is 0 Å². The fourth-order valence-corrected chi connectivity index (χ4v) is 2.59. The Bertz CT molecular complexity index is 654. The molecule has 0 aliphatic heterocycles. The molecule has 2 rings (SSSR count). The van der Waals surface area contributed by atoms with Gasteiger partial charge < -0.3 is 0 Å². The third-order valence-corrected chi connectivity index (χ3v) is 3.89. The van der Waals surface area contributed by atoms with Gasteiger partial charge >= 0.3 is 0 Å². The fourth-order valence-electron chi connectivity index (χ4n) is 2.59. The molecule has 122 valence electrons. The Morgan fingerprint density at radius 2 is 1.74 bits per heavy atom. The van der Waals surface area contributed by atoms with Gasteiger partial charge in [-0.05, 0) is 48.1 Å². The molecule has 0 heterocycles. The molecule has 0 saturated heterocycles. The van der Waals surface area contributed by atoms with E-state index >= 15 is 0 Å². The molecule has 23 heavy (non-hydrogen) atoms. The zero-order valence-electron chi connectivity index (χ0n) is 13.9. The van der Waals surface area contributed by atoms with Gasteiger partial charge in [0.2, 0.25) is 0 Å². The van der Waals surface area contributed by atoms with Crippen LogP contribution in [0, 0.1) is 5.82 Å². The van der Waals surface area contributed by atoms with E-state index in [0.29, 0.717) is 17.5 Å². The molecule has 0 atom stereocenters. The third-order valence-electron chi connectivity index (χ3n) is 3.89. The van der Waals surface area contributed by atoms with Crippen molar-refractivity contribution in [3.8, 4) is 11.1 Å². The van der Waals surface area contributed by atoms with Gasteiger partial charge in [-0.1, -0.05) is 63.1 Å². The summed E-state index contributed by atoms with van der Waals surface area (Å²) in [5.74, 6) is -0.506. The minimum absolute atomic E-state index is 0.192. The van der Waals surface area contributed by atoms with E-state index in [0.717, 1.165) is 31.2 Å². The second-order valence-electron chi connectivity index (χ2n) is 5.88. The van der Waals surface area contributed by atoms with Gasteiger partial charge in [-0.25, -0.2) is 8.78 Å². The Morgan fingerprint density at radius 1 is 1.00 bits per heavy atom. The maximum absolute atomic E-state index is 14.3. The van der Waals surface area contributed by atoms with Crippen LogP contribution in [0.15, 0.2) is 48.3 Å². The molecule has 2 aromatic carbocycles. The van der Waals surface area contributed by atoms with Crippen LogP contribution in [0.4, 0.5) is 8.78 Å². The van der Waals surface area contributed by atoms with Crippen molar-refractivity contribution in [3.05, 3.63) is 65.2 Å². The van der Waals surface area contributed by atoms with Crippen LogP contribution in [0.25, 0.3) is 17.2 Å². The number of hydrogen-bond acceptors (Lipinski definition) is 0. The van der Waals surface area contributed by atoms with Crippen molar-refractivity contribution < 1.29 is 8.78 Å². The molecule has 0 N–H and O–H groups in total. The number of aryl methyl sites for hydroxylation is 1. The lowest BCUT2D eigenvalue weighted by Crippen LogP contribution is -1.88. The quantitative estimate of drug-likeness (QED) is 0.519. The Labute approximate surface area is 137 Å². The first kappa shape index (κ1) is 17.4. The number of benzene rings is 2. The third kappa shape index (κ3) is 5.02. The molecule has 2 heteroatoms. The van der Waals surface area contributed by atoms with Crippen molar-refractivity contribution in [2.75, 3.05) is 0 Å². The highest BCUT2D eigenvalue weighted by molar-refractivity contribution is 5.67. The normalized spacial score (nSPS) is 11.7. The average Bonchev–Trinajstić information content (AvgIpc) is 2.54. The van der Waals surface area contributed by atoms with Crippen LogP contribution in [0.2, 0.25) is 0 Å². The summed E-state index contributed by atoms with van der Waals surface area (Å²) in [5.41, 5.74) is 3.24. The first-order valence-electron chi connectivity index (χ1n) is 8.39. The lowest BCUT2D eigenvalue weighted by atomic mass is 10.0. The highest BCUT2D eigenvalue weighted by Gasteiger charge is 2.06. The van der Waals surface area contributed by atoms with E-state index in [1.165, 1.54) is 17.7 Å². The molecule has 0 aliphatic carbocycles. The van der Waals surface area contributed by atoms with Crippen molar-refractivity contribution in [1.82, 2.24) is 0 Å². The van der Waals surface area contributed by atoms with Crippen LogP contribution in [0.1, 0.15) is 50.7 Å². The molecule has 0 aromatic heterocycles. The van der Waals surface area contributed by atoms with E-state index in [2.05, 4.69) is 6.92 Å². The Morgan fingerprint density at radius 3 is 2.35 bits per heavy atom. The minimum atomic E-state index is -0.315. The molecule has 0 nitrogen and oxygen atoms in total. The molecule has 0 spiro atoms. The van der Waals surface area contributed by atoms with Crippen LogP contribution in [0.3, 0.4) is 0 Å². The SMILES string of the molecule is CCCCC(F)=Cc1ccc(-c2ccc(CCC)cc2)c(F)c1. The van der Waals surface area contributed by atoms with E-state index in [4.69, 9.17) is 0 Å². The predicted octanol–water partition coefficient (Wildman–Crippen LogP) is 6.95. The number of hydrogen-bond donors (Lipinski definition) is 0. The zero-order chi connectivity index (χ0) is 16.7. The predicted molar refractivity (Wildman–Crippen MR) is 94.4 cm³/mol. The second-order valence-corrected chi connectivity index (χ2v) is 5.88. The summed E-state index contributed by atoms with van der Waals surface area (Å²) >= 11 is 0. The molecule has 0 fully saturated rings. The topological polar surface area (TPSA) is 0 Å². The molecule has 0 amide bonds.